The van der Waals surface area contributed by atoms with Gasteiger partial charge in [-0.05, 0) is 18.8 Å². The van der Waals surface area contributed by atoms with Crippen LogP contribution in [0, 0.1) is 5.92 Å². The molecule has 0 aromatic carbocycles. The van der Waals surface area contributed by atoms with Crippen LogP contribution in [0.3, 0.4) is 0 Å². The van der Waals surface area contributed by atoms with Gasteiger partial charge in [-0.1, -0.05) is 78.6 Å². The van der Waals surface area contributed by atoms with Crippen molar-refractivity contribution in [3.63, 3.8) is 0 Å². The molecule has 0 fully saturated rings. The predicted molar refractivity (Wildman–Crippen MR) is 71.1 cm³/mol. The van der Waals surface area contributed by atoms with Crippen LogP contribution in [0.5, 0.6) is 0 Å². The molecular weight excluding hydrogens is 180 g/mol. The van der Waals surface area contributed by atoms with Gasteiger partial charge < -0.3 is 0 Å². The van der Waals surface area contributed by atoms with Crippen LogP contribution in [0.4, 0.5) is 0 Å². The van der Waals surface area contributed by atoms with Crippen molar-refractivity contribution >= 4 is 0 Å². The summed E-state index contributed by atoms with van der Waals surface area (Å²) in [5, 5.41) is 0. The first-order valence-corrected chi connectivity index (χ1v) is 7.12. The molecule has 0 bridgehead atoms. The molecule has 0 atom stereocenters. The fraction of sp³-hybridized carbons (Fsp3) is 0.933. The van der Waals surface area contributed by atoms with Crippen LogP contribution in [0.2, 0.25) is 0 Å². The maximum Gasteiger partial charge on any atom is -0.0272 e. The normalized spacial score (nSPS) is 11.2. The Morgan fingerprint density at radius 2 is 1.00 bits per heavy atom. The zero-order valence-corrected chi connectivity index (χ0v) is 11.3. The molecule has 0 aliphatic carbocycles. The van der Waals surface area contributed by atoms with Gasteiger partial charge in [-0.3, -0.25) is 0 Å². The van der Waals surface area contributed by atoms with Gasteiger partial charge >= 0.3 is 0 Å². The van der Waals surface area contributed by atoms with Gasteiger partial charge in [0.1, 0.15) is 0 Å². The average molecular weight is 211 g/mol. The smallest absolute Gasteiger partial charge is 0.0272 e. The Balaban J connectivity index is 3.08. The van der Waals surface area contributed by atoms with Crippen LogP contribution >= 0.6 is 0 Å². The molecule has 0 spiro atoms. The zero-order valence-electron chi connectivity index (χ0n) is 11.3. The minimum atomic E-state index is 1.36. The lowest BCUT2D eigenvalue weighted by Gasteiger charge is -2.10. The molecule has 0 aliphatic rings. The van der Waals surface area contributed by atoms with Crippen molar-refractivity contribution in [3.05, 3.63) is 5.92 Å². The number of unbranched alkanes of at least 4 members (excludes halogenated alkanes) is 7. The Bertz CT molecular complexity index is 107. The monoisotopic (exact) mass is 211 g/mol. The second kappa shape index (κ2) is 12.1. The summed E-state index contributed by atoms with van der Waals surface area (Å²) in [6, 6.07) is 0. The molecule has 0 rings (SSSR count). The minimum absolute atomic E-state index is 1.36. The highest BCUT2D eigenvalue weighted by Gasteiger charge is 2.01. The molecule has 0 aromatic rings. The van der Waals surface area contributed by atoms with E-state index in [-0.39, 0.29) is 0 Å². The third-order valence-corrected chi connectivity index (χ3v) is 3.16. The summed E-state index contributed by atoms with van der Waals surface area (Å²) in [5.41, 5.74) is 0. The topological polar surface area (TPSA) is 0 Å². The van der Waals surface area contributed by atoms with Gasteiger partial charge in [0.15, 0.2) is 0 Å². The first-order valence-electron chi connectivity index (χ1n) is 7.12. The Labute approximate surface area is 97.8 Å². The molecule has 1 radical (unpaired) electrons. The van der Waals surface area contributed by atoms with Gasteiger partial charge in [0.2, 0.25) is 0 Å². The Kier molecular flexibility index (Phi) is 12.1. The van der Waals surface area contributed by atoms with Gasteiger partial charge in [-0.15, -0.1) is 0 Å². The lowest BCUT2D eigenvalue weighted by molar-refractivity contribution is 0.573. The fourth-order valence-electron chi connectivity index (χ4n) is 2.01. The zero-order chi connectivity index (χ0) is 11.4. The van der Waals surface area contributed by atoms with Gasteiger partial charge in [0, 0.05) is 0 Å². The Morgan fingerprint density at radius 3 is 1.47 bits per heavy atom. The molecule has 0 saturated heterocycles. The molecule has 15 heavy (non-hydrogen) atoms. The third-order valence-electron chi connectivity index (χ3n) is 3.16. The molecule has 0 N–H and O–H groups in total. The van der Waals surface area contributed by atoms with E-state index >= 15 is 0 Å². The fourth-order valence-corrected chi connectivity index (χ4v) is 2.01. The largest absolute Gasteiger partial charge is 0.0654 e. The van der Waals surface area contributed by atoms with E-state index in [1.807, 2.05) is 0 Å². The summed E-state index contributed by atoms with van der Waals surface area (Å²) >= 11 is 0. The van der Waals surface area contributed by atoms with Gasteiger partial charge in [0.05, 0.1) is 0 Å². The molecule has 0 nitrogen and oxygen atoms in total. The first kappa shape index (κ1) is 15.0. The third kappa shape index (κ3) is 11.9. The molecule has 0 saturated carbocycles. The van der Waals surface area contributed by atoms with Crippen molar-refractivity contribution in [1.82, 2.24) is 0 Å². The van der Waals surface area contributed by atoms with E-state index in [1.54, 1.807) is 5.92 Å². The van der Waals surface area contributed by atoms with Crippen LogP contribution < -0.4 is 0 Å². The maximum absolute atomic E-state index is 2.35. The van der Waals surface area contributed by atoms with Crippen LogP contribution in [-0.2, 0) is 0 Å². The van der Waals surface area contributed by atoms with Gasteiger partial charge in [-0.2, -0.15) is 0 Å². The van der Waals surface area contributed by atoms with E-state index in [4.69, 9.17) is 0 Å². The summed E-state index contributed by atoms with van der Waals surface area (Å²) in [6.07, 6.45) is 15.5. The van der Waals surface area contributed by atoms with Crippen molar-refractivity contribution in [2.24, 2.45) is 0 Å². The summed E-state index contributed by atoms with van der Waals surface area (Å²) in [5.74, 6) is 1.74. The molecule has 0 unspecified atom stereocenters. The highest BCUT2D eigenvalue weighted by atomic mass is 14.1. The van der Waals surface area contributed by atoms with Crippen LogP contribution in [-0.4, -0.2) is 0 Å². The maximum atomic E-state index is 2.35. The number of hydrogen-bond donors (Lipinski definition) is 0. The van der Waals surface area contributed by atoms with E-state index in [0.717, 1.165) is 0 Å². The first-order chi connectivity index (χ1) is 7.31. The molecule has 0 heteroatoms. The highest BCUT2D eigenvalue weighted by molar-refractivity contribution is 4.83. The predicted octanol–water partition coefficient (Wildman–Crippen LogP) is 5.91. The summed E-state index contributed by atoms with van der Waals surface area (Å²) < 4.78 is 0. The van der Waals surface area contributed by atoms with Crippen molar-refractivity contribution in [3.8, 4) is 0 Å². The SMILES string of the molecule is CCCCCCC[C](C)CCCCCC. The Hall–Kier alpha value is 0. The summed E-state index contributed by atoms with van der Waals surface area (Å²) in [4.78, 5) is 0. The van der Waals surface area contributed by atoms with Crippen molar-refractivity contribution in [2.75, 3.05) is 0 Å². The highest BCUT2D eigenvalue weighted by Crippen LogP contribution is 2.19. The van der Waals surface area contributed by atoms with Gasteiger partial charge in [-0.25, -0.2) is 0 Å². The van der Waals surface area contributed by atoms with Crippen molar-refractivity contribution in [1.29, 1.82) is 0 Å². The van der Waals surface area contributed by atoms with E-state index in [9.17, 15) is 0 Å². The minimum Gasteiger partial charge on any atom is -0.0654 e. The second-order valence-corrected chi connectivity index (χ2v) is 4.93. The van der Waals surface area contributed by atoms with E-state index in [0.29, 0.717) is 0 Å². The van der Waals surface area contributed by atoms with Crippen molar-refractivity contribution in [2.45, 2.75) is 91.4 Å². The quantitative estimate of drug-likeness (QED) is 0.373. The summed E-state index contributed by atoms with van der Waals surface area (Å²) in [6.45, 7) is 6.92. The van der Waals surface area contributed by atoms with Crippen molar-refractivity contribution < 1.29 is 0 Å². The van der Waals surface area contributed by atoms with Crippen LogP contribution in [0.25, 0.3) is 0 Å². The lowest BCUT2D eigenvalue weighted by Crippen LogP contribution is -1.92. The lowest BCUT2D eigenvalue weighted by atomic mass is 9.96. The molecule has 91 valence electrons. The molecular formula is C15H31. The van der Waals surface area contributed by atoms with E-state index in [1.165, 1.54) is 70.6 Å². The molecule has 0 heterocycles. The summed E-state index contributed by atoms with van der Waals surface area (Å²) in [7, 11) is 0. The Morgan fingerprint density at radius 1 is 0.600 bits per heavy atom. The second-order valence-electron chi connectivity index (χ2n) is 4.93. The van der Waals surface area contributed by atoms with E-state index in [2.05, 4.69) is 20.8 Å². The number of hydrogen-bond acceptors (Lipinski definition) is 0. The van der Waals surface area contributed by atoms with E-state index < -0.39 is 0 Å². The molecule has 0 aliphatic heterocycles. The van der Waals surface area contributed by atoms with Crippen LogP contribution in [0.1, 0.15) is 91.4 Å². The molecule has 0 aromatic heterocycles. The number of rotatable bonds is 11. The van der Waals surface area contributed by atoms with Gasteiger partial charge in [0.25, 0.3) is 0 Å². The van der Waals surface area contributed by atoms with Crippen LogP contribution in [0.15, 0.2) is 0 Å². The molecule has 0 amide bonds. The average Bonchev–Trinajstić information content (AvgIpc) is 2.24. The standard InChI is InChI=1S/C15H31/c1-4-6-8-10-12-14-15(3)13-11-9-7-5-2/h4-14H2,1-3H3.